The molecular formula is C6H4F3IN2O2S. The third kappa shape index (κ3) is 2.58. The van der Waals surface area contributed by atoms with Crippen LogP contribution in [0.1, 0.15) is 12.1 Å². The van der Waals surface area contributed by atoms with Crippen molar-refractivity contribution in [3.63, 3.8) is 0 Å². The minimum Gasteiger partial charge on any atom is -0.253 e. The van der Waals surface area contributed by atoms with E-state index in [-0.39, 0.29) is 3.57 Å². The van der Waals surface area contributed by atoms with E-state index in [2.05, 4.69) is 10.1 Å². The molecular weight excluding hydrogens is 348 g/mol. The van der Waals surface area contributed by atoms with Crippen LogP contribution in [0.15, 0.2) is 11.1 Å². The van der Waals surface area contributed by atoms with E-state index in [4.69, 9.17) is 0 Å². The molecule has 4 nitrogen and oxygen atoms in total. The normalized spacial score (nSPS) is 12.1. The summed E-state index contributed by atoms with van der Waals surface area (Å²) in [5, 5.41) is 4.62. The number of hydrogen-bond donors (Lipinski definition) is 1. The van der Waals surface area contributed by atoms with Crippen LogP contribution in [0.5, 0.6) is 0 Å². The topological polar surface area (TPSA) is 73.1 Å². The third-order valence-electron chi connectivity index (χ3n) is 1.45. The number of aromatic nitrogens is 1. The minimum absolute atomic E-state index is 0.193. The standard InChI is InChI=1S/C6H4F3IN2O2S/c7-3-2(10)1-12-4(6(8)9)5(3)15(11,13)14/h1,6H,(H2,11,13,14). The quantitative estimate of drug-likeness (QED) is 0.818. The van der Waals surface area contributed by atoms with E-state index in [0.717, 1.165) is 6.20 Å². The average molecular weight is 352 g/mol. The van der Waals surface area contributed by atoms with E-state index in [1.54, 1.807) is 0 Å². The van der Waals surface area contributed by atoms with Gasteiger partial charge in [-0.05, 0) is 22.6 Å². The first kappa shape index (κ1) is 12.6. The molecule has 0 bridgehead atoms. The highest BCUT2D eigenvalue weighted by Gasteiger charge is 2.27. The van der Waals surface area contributed by atoms with Crippen LogP contribution in [0, 0.1) is 9.39 Å². The summed E-state index contributed by atoms with van der Waals surface area (Å²) in [6.07, 6.45) is -2.39. The average Bonchev–Trinajstić information content (AvgIpc) is 2.06. The Morgan fingerprint density at radius 2 is 2.00 bits per heavy atom. The van der Waals surface area contributed by atoms with Gasteiger partial charge in [0.05, 0.1) is 3.57 Å². The highest BCUT2D eigenvalue weighted by Crippen LogP contribution is 2.27. The molecule has 0 fully saturated rings. The maximum absolute atomic E-state index is 13.3. The van der Waals surface area contributed by atoms with Crippen molar-refractivity contribution >= 4 is 32.6 Å². The predicted molar refractivity (Wildman–Crippen MR) is 53.2 cm³/mol. The minimum atomic E-state index is -4.55. The van der Waals surface area contributed by atoms with Crippen LogP contribution in [0.2, 0.25) is 0 Å². The molecule has 1 aromatic rings. The first-order valence-electron chi connectivity index (χ1n) is 3.40. The van der Waals surface area contributed by atoms with Gasteiger partial charge in [-0.1, -0.05) is 0 Å². The maximum Gasteiger partial charge on any atom is 0.281 e. The summed E-state index contributed by atoms with van der Waals surface area (Å²) in [7, 11) is -4.55. The number of nitrogens with zero attached hydrogens (tertiary/aromatic N) is 1. The Morgan fingerprint density at radius 1 is 1.47 bits per heavy atom. The molecule has 0 saturated heterocycles. The van der Waals surface area contributed by atoms with Crippen LogP contribution < -0.4 is 5.14 Å². The van der Waals surface area contributed by atoms with Gasteiger partial charge in [-0.3, -0.25) is 4.98 Å². The second kappa shape index (κ2) is 4.22. The van der Waals surface area contributed by atoms with Gasteiger partial charge in [0.15, 0.2) is 5.82 Å². The van der Waals surface area contributed by atoms with Crippen LogP contribution >= 0.6 is 22.6 Å². The molecule has 0 spiro atoms. The van der Waals surface area contributed by atoms with E-state index in [9.17, 15) is 21.6 Å². The molecule has 0 saturated carbocycles. The van der Waals surface area contributed by atoms with Gasteiger partial charge in [0.2, 0.25) is 10.0 Å². The number of sulfonamides is 1. The smallest absolute Gasteiger partial charge is 0.253 e. The fourth-order valence-corrected chi connectivity index (χ4v) is 2.27. The second-order valence-corrected chi connectivity index (χ2v) is 5.14. The molecule has 2 N–H and O–H groups in total. The largest absolute Gasteiger partial charge is 0.281 e. The number of nitrogens with two attached hydrogens (primary N) is 1. The lowest BCUT2D eigenvalue weighted by atomic mass is 10.3. The van der Waals surface area contributed by atoms with Gasteiger partial charge in [-0.25, -0.2) is 26.7 Å². The Balaban J connectivity index is 3.65. The lowest BCUT2D eigenvalue weighted by Crippen LogP contribution is -2.18. The Hall–Kier alpha value is -0.420. The highest BCUT2D eigenvalue weighted by molar-refractivity contribution is 14.1. The van der Waals surface area contributed by atoms with Gasteiger partial charge in [0.25, 0.3) is 6.43 Å². The number of alkyl halides is 2. The fourth-order valence-electron chi connectivity index (χ4n) is 0.889. The number of pyridine rings is 1. The van der Waals surface area contributed by atoms with Crippen molar-refractivity contribution in [3.8, 4) is 0 Å². The van der Waals surface area contributed by atoms with Gasteiger partial charge < -0.3 is 0 Å². The van der Waals surface area contributed by atoms with E-state index >= 15 is 0 Å². The zero-order valence-corrected chi connectivity index (χ0v) is 9.89. The first-order chi connectivity index (χ1) is 6.75. The number of primary sulfonamides is 1. The van der Waals surface area contributed by atoms with Crippen LogP contribution in [0.3, 0.4) is 0 Å². The summed E-state index contributed by atoms with van der Waals surface area (Å²) < 4.78 is 59.5. The molecule has 15 heavy (non-hydrogen) atoms. The van der Waals surface area contributed by atoms with Gasteiger partial charge in [-0.15, -0.1) is 0 Å². The highest BCUT2D eigenvalue weighted by atomic mass is 127. The molecule has 0 amide bonds. The molecule has 9 heteroatoms. The number of halogens is 4. The van der Waals surface area contributed by atoms with Crippen LogP contribution in [-0.2, 0) is 10.0 Å². The summed E-state index contributed by atoms with van der Waals surface area (Å²) in [6.45, 7) is 0. The van der Waals surface area contributed by atoms with Crippen LogP contribution in [0.4, 0.5) is 13.2 Å². The molecule has 0 unspecified atom stereocenters. The summed E-state index contributed by atoms with van der Waals surface area (Å²) in [6, 6.07) is 0. The zero-order valence-electron chi connectivity index (χ0n) is 6.92. The van der Waals surface area contributed by atoms with Crippen LogP contribution in [0.25, 0.3) is 0 Å². The summed E-state index contributed by atoms with van der Waals surface area (Å²) >= 11 is 1.43. The van der Waals surface area contributed by atoms with E-state index in [0.29, 0.717) is 0 Å². The van der Waals surface area contributed by atoms with E-state index in [1.165, 1.54) is 22.6 Å². The molecule has 0 aromatic carbocycles. The van der Waals surface area contributed by atoms with Crippen molar-refractivity contribution in [1.82, 2.24) is 4.98 Å². The molecule has 0 aliphatic heterocycles. The second-order valence-electron chi connectivity index (χ2n) is 2.48. The molecule has 1 rings (SSSR count). The van der Waals surface area contributed by atoms with Crippen LogP contribution in [-0.4, -0.2) is 13.4 Å². The predicted octanol–water partition coefficient (Wildman–Crippen LogP) is 1.41. The molecule has 1 aromatic heterocycles. The van der Waals surface area contributed by atoms with Gasteiger partial charge in [0.1, 0.15) is 10.6 Å². The Labute approximate surface area is 96.9 Å². The lowest BCUT2D eigenvalue weighted by Gasteiger charge is -2.07. The molecule has 0 atom stereocenters. The van der Waals surface area contributed by atoms with Gasteiger partial charge in [-0.2, -0.15) is 0 Å². The summed E-state index contributed by atoms with van der Waals surface area (Å²) in [4.78, 5) is 1.90. The molecule has 0 aliphatic carbocycles. The van der Waals surface area contributed by atoms with E-state index < -0.39 is 32.9 Å². The zero-order chi connectivity index (χ0) is 11.8. The Kier molecular flexibility index (Phi) is 3.55. The Bertz CT molecular complexity index is 491. The van der Waals surface area contributed by atoms with Crippen molar-refractivity contribution in [2.75, 3.05) is 0 Å². The third-order valence-corrected chi connectivity index (χ3v) is 3.16. The maximum atomic E-state index is 13.3. The fraction of sp³-hybridized carbons (Fsp3) is 0.167. The van der Waals surface area contributed by atoms with Crippen molar-refractivity contribution in [3.05, 3.63) is 21.3 Å². The lowest BCUT2D eigenvalue weighted by molar-refractivity contribution is 0.141. The number of hydrogen-bond acceptors (Lipinski definition) is 3. The first-order valence-corrected chi connectivity index (χ1v) is 6.02. The van der Waals surface area contributed by atoms with Crippen molar-refractivity contribution in [2.45, 2.75) is 11.3 Å². The van der Waals surface area contributed by atoms with Crippen molar-refractivity contribution in [2.24, 2.45) is 5.14 Å². The van der Waals surface area contributed by atoms with E-state index in [1.807, 2.05) is 0 Å². The summed E-state index contributed by atoms with van der Waals surface area (Å²) in [5.41, 5.74) is -1.17. The van der Waals surface area contributed by atoms with Gasteiger partial charge >= 0.3 is 0 Å². The molecule has 84 valence electrons. The van der Waals surface area contributed by atoms with Crippen molar-refractivity contribution < 1.29 is 21.6 Å². The summed E-state index contributed by atoms with van der Waals surface area (Å²) in [5.74, 6) is -1.30. The molecule has 0 radical (unpaired) electrons. The van der Waals surface area contributed by atoms with Crippen molar-refractivity contribution in [1.29, 1.82) is 0 Å². The van der Waals surface area contributed by atoms with Gasteiger partial charge in [0, 0.05) is 6.20 Å². The Morgan fingerprint density at radius 3 is 2.40 bits per heavy atom. The monoisotopic (exact) mass is 352 g/mol. The molecule has 0 aliphatic rings. The SMILES string of the molecule is NS(=O)(=O)c1c(C(F)F)ncc(I)c1F. The number of rotatable bonds is 2. The molecule has 1 heterocycles.